The maximum Gasteiger partial charge on any atom is 0.180 e. The van der Waals surface area contributed by atoms with E-state index < -0.39 is 0 Å². The highest BCUT2D eigenvalue weighted by Crippen LogP contribution is 2.56. The van der Waals surface area contributed by atoms with Gasteiger partial charge in [-0.3, -0.25) is 9.69 Å². The van der Waals surface area contributed by atoms with E-state index in [9.17, 15) is 10.1 Å². The van der Waals surface area contributed by atoms with Crippen molar-refractivity contribution >= 4 is 5.78 Å². The van der Waals surface area contributed by atoms with Crippen LogP contribution >= 0.6 is 0 Å². The van der Waals surface area contributed by atoms with Crippen LogP contribution in [0.4, 0.5) is 0 Å². The molecule has 0 amide bonds. The van der Waals surface area contributed by atoms with E-state index >= 15 is 0 Å². The van der Waals surface area contributed by atoms with Crippen LogP contribution in [0, 0.1) is 23.2 Å². The summed E-state index contributed by atoms with van der Waals surface area (Å²) in [7, 11) is 0. The van der Waals surface area contributed by atoms with Crippen LogP contribution in [-0.4, -0.2) is 29.8 Å². The van der Waals surface area contributed by atoms with Crippen molar-refractivity contribution in [2.24, 2.45) is 11.8 Å². The first-order chi connectivity index (χ1) is 11.2. The third kappa shape index (κ3) is 1.82. The number of hydrogen-bond acceptors (Lipinski definition) is 3. The summed E-state index contributed by atoms with van der Waals surface area (Å²) in [4.78, 5) is 15.7. The third-order valence-electron chi connectivity index (χ3n) is 6.77. The Labute approximate surface area is 137 Å². The molecular formula is C20H22N2O. The SMILES string of the molecule is N#Cc1ccc2c(c1)C13CCCCC1C(C2=O)N(CC1CC1)C3. The van der Waals surface area contributed by atoms with Gasteiger partial charge in [0.2, 0.25) is 0 Å². The molecule has 1 aromatic rings. The van der Waals surface area contributed by atoms with Crippen LogP contribution in [0.25, 0.3) is 0 Å². The van der Waals surface area contributed by atoms with E-state index in [2.05, 4.69) is 11.0 Å². The zero-order chi connectivity index (χ0) is 15.6. The van der Waals surface area contributed by atoms with Crippen molar-refractivity contribution in [2.45, 2.75) is 50.0 Å². The number of ketones is 1. The lowest BCUT2D eigenvalue weighted by molar-refractivity contribution is 0.0781. The van der Waals surface area contributed by atoms with Gasteiger partial charge in [0.15, 0.2) is 5.78 Å². The van der Waals surface area contributed by atoms with Crippen LogP contribution in [0.15, 0.2) is 18.2 Å². The second-order valence-electron chi connectivity index (χ2n) is 8.06. The minimum absolute atomic E-state index is 0.108. The van der Waals surface area contributed by atoms with Gasteiger partial charge < -0.3 is 0 Å². The number of carbonyl (C=O) groups excluding carboxylic acids is 1. The Morgan fingerprint density at radius 3 is 2.91 bits per heavy atom. The average molecular weight is 306 g/mol. The van der Waals surface area contributed by atoms with Crippen molar-refractivity contribution < 1.29 is 4.79 Å². The van der Waals surface area contributed by atoms with Crippen LogP contribution < -0.4 is 0 Å². The Kier molecular flexibility index (Phi) is 2.79. The number of rotatable bonds is 2. The normalized spacial score (nSPS) is 35.5. The first kappa shape index (κ1) is 13.7. The molecule has 5 rings (SSSR count). The first-order valence-corrected chi connectivity index (χ1v) is 9.06. The first-order valence-electron chi connectivity index (χ1n) is 9.06. The topological polar surface area (TPSA) is 44.1 Å². The van der Waals surface area contributed by atoms with Gasteiger partial charge in [0, 0.05) is 24.1 Å². The lowest BCUT2D eigenvalue weighted by Gasteiger charge is -2.44. The summed E-state index contributed by atoms with van der Waals surface area (Å²) in [5.41, 5.74) is 2.94. The highest BCUT2D eigenvalue weighted by Gasteiger charge is 2.60. The summed E-state index contributed by atoms with van der Waals surface area (Å²) in [5, 5.41) is 9.30. The largest absolute Gasteiger partial charge is 0.292 e. The Hall–Kier alpha value is -1.66. The molecule has 3 nitrogen and oxygen atoms in total. The Morgan fingerprint density at radius 2 is 2.13 bits per heavy atom. The van der Waals surface area contributed by atoms with E-state index in [1.54, 1.807) is 0 Å². The predicted molar refractivity (Wildman–Crippen MR) is 87.2 cm³/mol. The summed E-state index contributed by atoms with van der Waals surface area (Å²) < 4.78 is 0. The van der Waals surface area contributed by atoms with Gasteiger partial charge in [0.05, 0.1) is 17.7 Å². The second-order valence-corrected chi connectivity index (χ2v) is 8.06. The lowest BCUT2D eigenvalue weighted by atomic mass is 9.58. The van der Waals surface area contributed by atoms with Crippen LogP contribution in [0.3, 0.4) is 0 Å². The second kappa shape index (κ2) is 4.68. The molecule has 1 heterocycles. The van der Waals surface area contributed by atoms with Crippen molar-refractivity contribution in [2.75, 3.05) is 13.1 Å². The molecule has 3 fully saturated rings. The number of nitrogens with zero attached hydrogens (tertiary/aromatic N) is 2. The fraction of sp³-hybridized carbons (Fsp3) is 0.600. The monoisotopic (exact) mass is 306 g/mol. The maximum atomic E-state index is 13.2. The summed E-state index contributed by atoms with van der Waals surface area (Å²) >= 11 is 0. The predicted octanol–water partition coefficient (Wildman–Crippen LogP) is 3.28. The average Bonchev–Trinajstić information content (AvgIpc) is 3.34. The molecule has 3 heteroatoms. The number of likely N-dealkylation sites (tertiary alicyclic amines) is 1. The van der Waals surface area contributed by atoms with Crippen molar-refractivity contribution in [3.8, 4) is 6.07 Å². The Balaban J connectivity index is 1.66. The number of hydrogen-bond donors (Lipinski definition) is 0. The van der Waals surface area contributed by atoms with Gasteiger partial charge in [-0.15, -0.1) is 0 Å². The Bertz CT molecular complexity index is 730. The molecular weight excluding hydrogens is 284 g/mol. The zero-order valence-corrected chi connectivity index (χ0v) is 13.4. The van der Waals surface area contributed by atoms with E-state index in [1.807, 2.05) is 18.2 Å². The van der Waals surface area contributed by atoms with E-state index in [0.29, 0.717) is 17.3 Å². The molecule has 23 heavy (non-hydrogen) atoms. The number of fused-ring (bicyclic) bond motifs is 1. The van der Waals surface area contributed by atoms with Crippen LogP contribution in [0.5, 0.6) is 0 Å². The molecule has 0 N–H and O–H groups in total. The molecule has 3 unspecified atom stereocenters. The quantitative estimate of drug-likeness (QED) is 0.842. The van der Waals surface area contributed by atoms with E-state index in [-0.39, 0.29) is 11.5 Å². The highest BCUT2D eigenvalue weighted by molar-refractivity contribution is 6.04. The number of carbonyl (C=O) groups is 1. The molecule has 118 valence electrons. The van der Waals surface area contributed by atoms with Crippen molar-refractivity contribution in [3.63, 3.8) is 0 Å². The number of benzene rings is 1. The molecule has 3 aliphatic carbocycles. The summed E-state index contributed by atoms with van der Waals surface area (Å²) in [6.45, 7) is 2.14. The van der Waals surface area contributed by atoms with E-state index in [0.717, 1.165) is 24.6 Å². The molecule has 2 saturated carbocycles. The molecule has 0 aromatic heterocycles. The van der Waals surface area contributed by atoms with Gasteiger partial charge in [0.1, 0.15) is 0 Å². The fourth-order valence-corrected chi connectivity index (χ4v) is 5.62. The van der Waals surface area contributed by atoms with Gasteiger partial charge in [-0.1, -0.05) is 12.8 Å². The zero-order valence-electron chi connectivity index (χ0n) is 13.4. The van der Waals surface area contributed by atoms with Gasteiger partial charge in [0.25, 0.3) is 0 Å². The highest BCUT2D eigenvalue weighted by atomic mass is 16.1. The van der Waals surface area contributed by atoms with E-state index in [1.165, 1.54) is 44.1 Å². The van der Waals surface area contributed by atoms with Gasteiger partial charge >= 0.3 is 0 Å². The summed E-state index contributed by atoms with van der Waals surface area (Å²) in [5.74, 6) is 1.62. The van der Waals surface area contributed by atoms with Crippen molar-refractivity contribution in [1.29, 1.82) is 5.26 Å². The van der Waals surface area contributed by atoms with Crippen molar-refractivity contribution in [3.05, 3.63) is 34.9 Å². The van der Waals surface area contributed by atoms with Crippen LogP contribution in [0.1, 0.15) is 60.0 Å². The van der Waals surface area contributed by atoms with Crippen molar-refractivity contribution in [1.82, 2.24) is 4.90 Å². The fourth-order valence-electron chi connectivity index (χ4n) is 5.62. The molecule has 1 saturated heterocycles. The maximum absolute atomic E-state index is 13.2. The van der Waals surface area contributed by atoms with Gasteiger partial charge in [-0.25, -0.2) is 0 Å². The molecule has 0 radical (unpaired) electrons. The molecule has 2 bridgehead atoms. The number of nitriles is 1. The summed E-state index contributed by atoms with van der Waals surface area (Å²) in [6.07, 6.45) is 7.53. The summed E-state index contributed by atoms with van der Waals surface area (Å²) in [6, 6.07) is 8.16. The Morgan fingerprint density at radius 1 is 1.26 bits per heavy atom. The number of Topliss-reactive ketones (excluding diaryl/α,β-unsaturated/α-hetero) is 1. The van der Waals surface area contributed by atoms with Gasteiger partial charge in [-0.2, -0.15) is 5.26 Å². The van der Waals surface area contributed by atoms with Crippen LogP contribution in [-0.2, 0) is 5.41 Å². The lowest BCUT2D eigenvalue weighted by Crippen LogP contribution is -2.47. The molecule has 1 aromatic carbocycles. The molecule has 1 aliphatic heterocycles. The smallest absolute Gasteiger partial charge is 0.180 e. The molecule has 0 spiro atoms. The standard InChI is InChI=1S/C20H22N2O/c21-10-14-6-7-15-17(9-14)20-8-2-1-3-16(20)18(19(15)23)22(12-20)11-13-4-5-13/h6-7,9,13,16,18H,1-5,8,11-12H2. The molecule has 4 aliphatic rings. The minimum Gasteiger partial charge on any atom is -0.292 e. The van der Waals surface area contributed by atoms with E-state index in [4.69, 9.17) is 0 Å². The van der Waals surface area contributed by atoms with Crippen LogP contribution in [0.2, 0.25) is 0 Å². The molecule has 3 atom stereocenters. The third-order valence-corrected chi connectivity index (χ3v) is 6.77. The van der Waals surface area contributed by atoms with Gasteiger partial charge in [-0.05, 0) is 61.3 Å². The minimum atomic E-state index is 0.108.